The van der Waals surface area contributed by atoms with E-state index in [1.54, 1.807) is 7.05 Å². The normalized spacial score (nSPS) is 29.1. The second-order valence-electron chi connectivity index (χ2n) is 8.05. The van der Waals surface area contributed by atoms with E-state index < -0.39 is 0 Å². The molecule has 29 heavy (non-hydrogen) atoms. The van der Waals surface area contributed by atoms with Gasteiger partial charge in [-0.2, -0.15) is 0 Å². The number of thioether (sulfide) groups is 1. The maximum atomic E-state index is 13.3. The van der Waals surface area contributed by atoms with Gasteiger partial charge in [-0.05, 0) is 42.6 Å². The van der Waals surface area contributed by atoms with Gasteiger partial charge in [0.05, 0.1) is 6.04 Å². The molecule has 0 spiro atoms. The highest BCUT2D eigenvalue weighted by atomic mass is 32.2. The van der Waals surface area contributed by atoms with E-state index >= 15 is 0 Å². The number of nitrogens with one attached hydrogen (secondary N) is 1. The Balaban J connectivity index is 1.46. The molecule has 3 aliphatic rings. The van der Waals surface area contributed by atoms with Gasteiger partial charge in [0.1, 0.15) is 5.25 Å². The average molecular weight is 414 g/mol. The fraction of sp³-hybridized carbons (Fsp3) is 0.500. The first-order chi connectivity index (χ1) is 14.1. The van der Waals surface area contributed by atoms with E-state index in [0.29, 0.717) is 13.1 Å². The summed E-state index contributed by atoms with van der Waals surface area (Å²) in [5.74, 6) is 0.336. The third kappa shape index (κ3) is 4.06. The minimum Gasteiger partial charge on any atom is -0.359 e. The van der Waals surface area contributed by atoms with Crippen LogP contribution in [0.15, 0.2) is 41.8 Å². The zero-order valence-electron chi connectivity index (χ0n) is 16.6. The topological polar surface area (TPSA) is 69.7 Å². The van der Waals surface area contributed by atoms with Crippen LogP contribution >= 0.6 is 11.8 Å². The summed E-state index contributed by atoms with van der Waals surface area (Å²) >= 11 is 1.51. The molecule has 6 nitrogen and oxygen atoms in total. The van der Waals surface area contributed by atoms with Gasteiger partial charge >= 0.3 is 6.03 Å². The van der Waals surface area contributed by atoms with E-state index in [2.05, 4.69) is 5.32 Å². The predicted molar refractivity (Wildman–Crippen MR) is 113 cm³/mol. The third-order valence-electron chi connectivity index (χ3n) is 6.26. The Morgan fingerprint density at radius 3 is 2.55 bits per heavy atom. The maximum absolute atomic E-state index is 13.3. The quantitative estimate of drug-likeness (QED) is 0.806. The first-order valence-electron chi connectivity index (χ1n) is 10.3. The number of hydrogen-bond donors (Lipinski definition) is 1. The van der Waals surface area contributed by atoms with Crippen LogP contribution < -0.4 is 5.32 Å². The third-order valence-corrected chi connectivity index (χ3v) is 7.35. The summed E-state index contributed by atoms with van der Waals surface area (Å²) in [6.07, 6.45) is 5.34. The minimum absolute atomic E-state index is 0.0533. The molecule has 1 N–H and O–H groups in total. The number of carbonyl (C=O) groups is 3. The second kappa shape index (κ2) is 8.61. The molecule has 2 atom stereocenters. The Labute approximate surface area is 175 Å². The summed E-state index contributed by atoms with van der Waals surface area (Å²) in [6.45, 7) is 0.951. The zero-order chi connectivity index (χ0) is 20.4. The zero-order valence-corrected chi connectivity index (χ0v) is 17.4. The standard InChI is InChI=1S/C22H27N3O3S/c1-23-20(26)17-9-7-16(8-10-17)14-25-21(27)19-18(11-12-29-19)24(22(25)28)13-15-5-3-2-4-6-15/h2-6,11-12,16-19H,7-10,13-14H2,1H3,(H,23,26). The van der Waals surface area contributed by atoms with Crippen molar-refractivity contribution in [1.82, 2.24) is 15.1 Å². The highest BCUT2D eigenvalue weighted by Gasteiger charge is 2.47. The number of urea groups is 1. The monoisotopic (exact) mass is 413 g/mol. The first kappa shape index (κ1) is 20.0. The van der Waals surface area contributed by atoms with Gasteiger partial charge in [-0.25, -0.2) is 4.79 Å². The molecule has 1 aliphatic carbocycles. The van der Waals surface area contributed by atoms with E-state index in [4.69, 9.17) is 0 Å². The number of nitrogens with zero attached hydrogens (tertiary/aromatic N) is 2. The van der Waals surface area contributed by atoms with Gasteiger partial charge in [0.25, 0.3) is 0 Å². The number of fused-ring (bicyclic) bond motifs is 1. The number of carbonyl (C=O) groups excluding carboxylic acids is 3. The van der Waals surface area contributed by atoms with Crippen LogP contribution in [0.4, 0.5) is 4.79 Å². The van der Waals surface area contributed by atoms with E-state index in [-0.39, 0.29) is 41.0 Å². The lowest BCUT2D eigenvalue weighted by atomic mass is 9.81. The first-order valence-corrected chi connectivity index (χ1v) is 11.2. The summed E-state index contributed by atoms with van der Waals surface area (Å²) in [6, 6.07) is 9.54. The molecule has 1 saturated heterocycles. The molecule has 1 aromatic carbocycles. The minimum atomic E-state index is -0.251. The summed E-state index contributed by atoms with van der Waals surface area (Å²) in [5, 5.41) is 4.41. The molecule has 1 saturated carbocycles. The summed E-state index contributed by atoms with van der Waals surface area (Å²) < 4.78 is 0. The highest BCUT2D eigenvalue weighted by molar-refractivity contribution is 8.03. The molecule has 2 heterocycles. The Hall–Kier alpha value is -2.28. The molecular formula is C22H27N3O3S. The van der Waals surface area contributed by atoms with E-state index in [1.807, 2.05) is 46.7 Å². The lowest BCUT2D eigenvalue weighted by Gasteiger charge is -2.43. The Bertz CT molecular complexity index is 805. The fourth-order valence-corrected chi connectivity index (χ4v) is 5.65. The SMILES string of the molecule is CNC(=O)C1CCC(CN2C(=O)C3SC=CC3N(Cc3ccccc3)C2=O)CC1. The Morgan fingerprint density at radius 1 is 1.14 bits per heavy atom. The Kier molecular flexibility index (Phi) is 5.94. The molecule has 0 radical (unpaired) electrons. The summed E-state index contributed by atoms with van der Waals surface area (Å²) in [7, 11) is 1.67. The van der Waals surface area contributed by atoms with Crippen LogP contribution in [0.2, 0.25) is 0 Å². The molecule has 2 fully saturated rings. The molecule has 2 aliphatic heterocycles. The van der Waals surface area contributed by atoms with Gasteiger partial charge in [0.2, 0.25) is 11.8 Å². The van der Waals surface area contributed by atoms with Crippen LogP contribution in [0, 0.1) is 11.8 Å². The number of benzene rings is 1. The van der Waals surface area contributed by atoms with Crippen LogP contribution in [0.3, 0.4) is 0 Å². The van der Waals surface area contributed by atoms with Gasteiger partial charge in [0, 0.05) is 26.1 Å². The number of amides is 4. The molecule has 154 valence electrons. The number of hydrogen-bond acceptors (Lipinski definition) is 4. The average Bonchev–Trinajstić information content (AvgIpc) is 3.25. The van der Waals surface area contributed by atoms with E-state index in [0.717, 1.165) is 31.2 Å². The fourth-order valence-electron chi connectivity index (χ4n) is 4.58. The van der Waals surface area contributed by atoms with Crippen molar-refractivity contribution in [3.05, 3.63) is 47.4 Å². The smallest absolute Gasteiger partial charge is 0.327 e. The van der Waals surface area contributed by atoms with Crippen molar-refractivity contribution in [3.8, 4) is 0 Å². The van der Waals surface area contributed by atoms with Crippen molar-refractivity contribution >= 4 is 29.6 Å². The van der Waals surface area contributed by atoms with Crippen molar-refractivity contribution < 1.29 is 14.4 Å². The largest absolute Gasteiger partial charge is 0.359 e. The molecule has 1 aromatic rings. The van der Waals surface area contributed by atoms with Gasteiger partial charge in [0.15, 0.2) is 0 Å². The van der Waals surface area contributed by atoms with Crippen LogP contribution in [0.5, 0.6) is 0 Å². The molecule has 4 rings (SSSR count). The number of rotatable bonds is 5. The Morgan fingerprint density at radius 2 is 1.86 bits per heavy atom. The van der Waals surface area contributed by atoms with Gasteiger partial charge in [-0.15, -0.1) is 11.8 Å². The lowest BCUT2D eigenvalue weighted by Crippen LogP contribution is -2.62. The maximum Gasteiger partial charge on any atom is 0.327 e. The van der Waals surface area contributed by atoms with Crippen LogP contribution in [0.1, 0.15) is 31.2 Å². The van der Waals surface area contributed by atoms with Gasteiger partial charge in [-0.3, -0.25) is 14.5 Å². The van der Waals surface area contributed by atoms with E-state index in [1.165, 1.54) is 16.7 Å². The molecule has 0 aromatic heterocycles. The molecule has 7 heteroatoms. The van der Waals surface area contributed by atoms with Crippen molar-refractivity contribution in [1.29, 1.82) is 0 Å². The van der Waals surface area contributed by atoms with Crippen LogP contribution in [0.25, 0.3) is 0 Å². The van der Waals surface area contributed by atoms with Crippen molar-refractivity contribution in [2.75, 3.05) is 13.6 Å². The second-order valence-corrected chi connectivity index (χ2v) is 9.10. The molecular weight excluding hydrogens is 386 g/mol. The van der Waals surface area contributed by atoms with Crippen molar-refractivity contribution in [2.45, 2.75) is 43.5 Å². The van der Waals surface area contributed by atoms with Gasteiger partial charge < -0.3 is 10.2 Å². The molecule has 2 unspecified atom stereocenters. The van der Waals surface area contributed by atoms with E-state index in [9.17, 15) is 14.4 Å². The molecule has 4 amide bonds. The summed E-state index contributed by atoms with van der Waals surface area (Å²) in [4.78, 5) is 41.5. The lowest BCUT2D eigenvalue weighted by molar-refractivity contribution is -0.132. The van der Waals surface area contributed by atoms with Crippen LogP contribution in [-0.4, -0.2) is 52.5 Å². The summed E-state index contributed by atoms with van der Waals surface area (Å²) in [5.41, 5.74) is 1.06. The predicted octanol–water partition coefficient (Wildman–Crippen LogP) is 3.00. The van der Waals surface area contributed by atoms with Crippen LogP contribution in [-0.2, 0) is 16.1 Å². The molecule has 0 bridgehead atoms. The highest BCUT2D eigenvalue weighted by Crippen LogP contribution is 2.37. The number of imide groups is 1. The van der Waals surface area contributed by atoms with Crippen molar-refractivity contribution in [3.63, 3.8) is 0 Å². The van der Waals surface area contributed by atoms with Gasteiger partial charge in [-0.1, -0.05) is 36.4 Å². The van der Waals surface area contributed by atoms with Crippen molar-refractivity contribution in [2.24, 2.45) is 11.8 Å².